The summed E-state index contributed by atoms with van der Waals surface area (Å²) in [6, 6.07) is 0.670. The molecule has 0 radical (unpaired) electrons. The molecule has 0 aromatic carbocycles. The molecule has 2 N–H and O–H groups in total. The van der Waals surface area contributed by atoms with E-state index in [1.54, 1.807) is 0 Å². The standard InChI is InChI=1S/C9H16N2S/c1-10-9(12)11-8-5-6-2-3-7(8)4-6/h6-8H,2-5H2,1H3,(H2,10,11,12)/t6-,7+,8-/m1/s1. The van der Waals surface area contributed by atoms with Crippen LogP contribution in [0, 0.1) is 11.8 Å². The molecule has 2 bridgehead atoms. The summed E-state index contributed by atoms with van der Waals surface area (Å²) >= 11 is 5.09. The Kier molecular flexibility index (Phi) is 2.22. The third-order valence-electron chi connectivity index (χ3n) is 3.28. The molecule has 0 saturated heterocycles. The van der Waals surface area contributed by atoms with E-state index in [4.69, 9.17) is 12.2 Å². The predicted molar refractivity (Wildman–Crippen MR) is 54.0 cm³/mol. The van der Waals surface area contributed by atoms with Crippen molar-refractivity contribution < 1.29 is 0 Å². The highest BCUT2D eigenvalue weighted by molar-refractivity contribution is 7.80. The highest BCUT2D eigenvalue weighted by Crippen LogP contribution is 2.44. The van der Waals surface area contributed by atoms with E-state index >= 15 is 0 Å². The molecule has 2 saturated carbocycles. The summed E-state index contributed by atoms with van der Waals surface area (Å²) in [4.78, 5) is 0. The van der Waals surface area contributed by atoms with E-state index in [1.807, 2.05) is 7.05 Å². The Labute approximate surface area is 79.1 Å². The van der Waals surface area contributed by atoms with E-state index in [2.05, 4.69) is 10.6 Å². The molecule has 0 aliphatic heterocycles. The normalized spacial score (nSPS) is 38.2. The molecule has 2 nitrogen and oxygen atoms in total. The smallest absolute Gasteiger partial charge is 0.166 e. The highest BCUT2D eigenvalue weighted by Gasteiger charge is 2.39. The molecule has 2 rings (SSSR count). The Hall–Kier alpha value is -0.310. The van der Waals surface area contributed by atoms with Crippen LogP contribution < -0.4 is 10.6 Å². The number of hydrogen-bond donors (Lipinski definition) is 2. The Morgan fingerprint density at radius 1 is 1.33 bits per heavy atom. The Balaban J connectivity index is 1.86. The summed E-state index contributed by atoms with van der Waals surface area (Å²) in [6.45, 7) is 0. The molecule has 0 aromatic rings. The van der Waals surface area contributed by atoms with Crippen molar-refractivity contribution in [2.75, 3.05) is 7.05 Å². The van der Waals surface area contributed by atoms with Gasteiger partial charge in [-0.25, -0.2) is 0 Å². The van der Waals surface area contributed by atoms with E-state index in [0.29, 0.717) is 6.04 Å². The van der Waals surface area contributed by atoms with Gasteiger partial charge in [-0.15, -0.1) is 0 Å². The van der Waals surface area contributed by atoms with Gasteiger partial charge in [-0.1, -0.05) is 6.42 Å². The fourth-order valence-electron chi connectivity index (χ4n) is 2.66. The van der Waals surface area contributed by atoms with Gasteiger partial charge >= 0.3 is 0 Å². The topological polar surface area (TPSA) is 24.1 Å². The van der Waals surface area contributed by atoms with Gasteiger partial charge in [0.05, 0.1) is 0 Å². The first-order chi connectivity index (χ1) is 5.79. The van der Waals surface area contributed by atoms with Crippen molar-refractivity contribution in [1.29, 1.82) is 0 Å². The molecule has 2 aliphatic carbocycles. The van der Waals surface area contributed by atoms with Crippen molar-refractivity contribution >= 4 is 17.3 Å². The minimum Gasteiger partial charge on any atom is -0.366 e. The van der Waals surface area contributed by atoms with Gasteiger partial charge in [-0.2, -0.15) is 0 Å². The SMILES string of the molecule is CNC(=S)N[C@@H]1C[C@@H]2CC[C@H]1C2. The average Bonchev–Trinajstić information content (AvgIpc) is 2.64. The van der Waals surface area contributed by atoms with Gasteiger partial charge < -0.3 is 10.6 Å². The van der Waals surface area contributed by atoms with Crippen LogP contribution in [0.3, 0.4) is 0 Å². The van der Waals surface area contributed by atoms with Gasteiger partial charge in [0.1, 0.15) is 0 Å². The van der Waals surface area contributed by atoms with Gasteiger partial charge in [0, 0.05) is 13.1 Å². The van der Waals surface area contributed by atoms with Crippen LogP contribution in [0.1, 0.15) is 25.7 Å². The second-order valence-corrected chi connectivity index (χ2v) is 4.41. The molecule has 2 fully saturated rings. The van der Waals surface area contributed by atoms with Gasteiger partial charge in [-0.3, -0.25) is 0 Å². The van der Waals surface area contributed by atoms with Crippen LogP contribution in [0.5, 0.6) is 0 Å². The van der Waals surface area contributed by atoms with Crippen molar-refractivity contribution in [3.63, 3.8) is 0 Å². The quantitative estimate of drug-likeness (QED) is 0.600. The van der Waals surface area contributed by atoms with Crippen molar-refractivity contribution in [3.8, 4) is 0 Å². The van der Waals surface area contributed by atoms with Crippen LogP contribution >= 0.6 is 12.2 Å². The molecule has 0 aromatic heterocycles. The van der Waals surface area contributed by atoms with E-state index in [9.17, 15) is 0 Å². The molecule has 0 unspecified atom stereocenters. The van der Waals surface area contributed by atoms with Crippen molar-refractivity contribution in [1.82, 2.24) is 10.6 Å². The Bertz CT molecular complexity index is 193. The monoisotopic (exact) mass is 184 g/mol. The van der Waals surface area contributed by atoms with Crippen LogP contribution in [0.15, 0.2) is 0 Å². The minimum atomic E-state index is 0.670. The zero-order chi connectivity index (χ0) is 8.55. The first-order valence-electron chi connectivity index (χ1n) is 4.78. The fourth-order valence-corrected chi connectivity index (χ4v) is 2.81. The Morgan fingerprint density at radius 3 is 2.67 bits per heavy atom. The fraction of sp³-hybridized carbons (Fsp3) is 0.889. The lowest BCUT2D eigenvalue weighted by Crippen LogP contribution is -2.42. The zero-order valence-corrected chi connectivity index (χ0v) is 8.29. The molecule has 0 heterocycles. The summed E-state index contributed by atoms with van der Waals surface area (Å²) < 4.78 is 0. The van der Waals surface area contributed by atoms with E-state index < -0.39 is 0 Å². The lowest BCUT2D eigenvalue weighted by molar-refractivity contribution is 0.390. The number of fused-ring (bicyclic) bond motifs is 2. The first kappa shape index (κ1) is 8.30. The highest BCUT2D eigenvalue weighted by atomic mass is 32.1. The maximum absolute atomic E-state index is 5.09. The van der Waals surface area contributed by atoms with Crippen molar-refractivity contribution in [2.45, 2.75) is 31.7 Å². The summed E-state index contributed by atoms with van der Waals surface area (Å²) in [5, 5.41) is 7.16. The molecule has 12 heavy (non-hydrogen) atoms. The number of hydrogen-bond acceptors (Lipinski definition) is 1. The average molecular weight is 184 g/mol. The summed E-state index contributed by atoms with van der Waals surface area (Å²) in [7, 11) is 1.88. The first-order valence-corrected chi connectivity index (χ1v) is 5.18. The van der Waals surface area contributed by atoms with E-state index in [-0.39, 0.29) is 0 Å². The molecule has 3 heteroatoms. The van der Waals surface area contributed by atoms with Crippen molar-refractivity contribution in [3.05, 3.63) is 0 Å². The molecule has 68 valence electrons. The Morgan fingerprint density at radius 2 is 2.17 bits per heavy atom. The molecular formula is C9H16N2S. The van der Waals surface area contributed by atoms with Crippen LogP contribution in [-0.4, -0.2) is 18.2 Å². The van der Waals surface area contributed by atoms with Gasteiger partial charge in [0.2, 0.25) is 0 Å². The predicted octanol–water partition coefficient (Wildman–Crippen LogP) is 1.27. The second kappa shape index (κ2) is 3.21. The maximum atomic E-state index is 5.09. The molecular weight excluding hydrogens is 168 g/mol. The van der Waals surface area contributed by atoms with Gasteiger partial charge in [0.25, 0.3) is 0 Å². The second-order valence-electron chi connectivity index (χ2n) is 4.00. The third-order valence-corrected chi connectivity index (χ3v) is 3.60. The van der Waals surface area contributed by atoms with Crippen molar-refractivity contribution in [2.24, 2.45) is 11.8 Å². The van der Waals surface area contributed by atoms with E-state index in [1.165, 1.54) is 25.7 Å². The van der Waals surface area contributed by atoms with Crippen LogP contribution in [0.4, 0.5) is 0 Å². The third kappa shape index (κ3) is 1.42. The summed E-state index contributed by atoms with van der Waals surface area (Å²) in [6.07, 6.45) is 5.64. The largest absolute Gasteiger partial charge is 0.366 e. The summed E-state index contributed by atoms with van der Waals surface area (Å²) in [5.74, 6) is 1.90. The lowest BCUT2D eigenvalue weighted by Gasteiger charge is -2.23. The number of rotatable bonds is 1. The van der Waals surface area contributed by atoms with Gasteiger partial charge in [0.15, 0.2) is 5.11 Å². The zero-order valence-electron chi connectivity index (χ0n) is 7.47. The lowest BCUT2D eigenvalue weighted by atomic mass is 9.96. The molecule has 0 spiro atoms. The maximum Gasteiger partial charge on any atom is 0.166 e. The minimum absolute atomic E-state index is 0.670. The van der Waals surface area contributed by atoms with Crippen LogP contribution in [-0.2, 0) is 0 Å². The van der Waals surface area contributed by atoms with Crippen LogP contribution in [0.25, 0.3) is 0 Å². The van der Waals surface area contributed by atoms with Crippen LogP contribution in [0.2, 0.25) is 0 Å². The molecule has 3 atom stereocenters. The van der Waals surface area contributed by atoms with Gasteiger partial charge in [-0.05, 0) is 43.3 Å². The number of thiocarbonyl (C=S) groups is 1. The summed E-state index contributed by atoms with van der Waals surface area (Å²) in [5.41, 5.74) is 0. The number of nitrogens with one attached hydrogen (secondary N) is 2. The molecule has 2 aliphatic rings. The van der Waals surface area contributed by atoms with E-state index in [0.717, 1.165) is 16.9 Å². The molecule has 0 amide bonds.